The van der Waals surface area contributed by atoms with Crippen LogP contribution in [0.15, 0.2) is 60.7 Å². The number of aliphatic hydroxyl groups is 1. The summed E-state index contributed by atoms with van der Waals surface area (Å²) in [4.78, 5) is 28.2. The summed E-state index contributed by atoms with van der Waals surface area (Å²) < 4.78 is 0. The maximum atomic E-state index is 12.9. The first-order chi connectivity index (χ1) is 12.1. The van der Waals surface area contributed by atoms with Gasteiger partial charge in [0.25, 0.3) is 5.91 Å². The molecule has 0 radical (unpaired) electrons. The van der Waals surface area contributed by atoms with Crippen molar-refractivity contribution in [2.45, 2.75) is 38.6 Å². The lowest BCUT2D eigenvalue weighted by Gasteiger charge is -2.29. The highest BCUT2D eigenvalue weighted by Gasteiger charge is 2.55. The molecular formula is C20H22N2O3. The van der Waals surface area contributed by atoms with Gasteiger partial charge in [-0.2, -0.15) is 0 Å². The largest absolute Gasteiger partial charge is 0.363 e. The van der Waals surface area contributed by atoms with Crippen LogP contribution in [-0.2, 0) is 17.9 Å². The minimum atomic E-state index is -1.78. The van der Waals surface area contributed by atoms with E-state index >= 15 is 0 Å². The molecule has 25 heavy (non-hydrogen) atoms. The van der Waals surface area contributed by atoms with Gasteiger partial charge in [0.05, 0.1) is 13.1 Å². The van der Waals surface area contributed by atoms with Crippen molar-refractivity contribution in [2.24, 2.45) is 0 Å². The number of benzene rings is 2. The van der Waals surface area contributed by atoms with Crippen molar-refractivity contribution in [2.75, 3.05) is 0 Å². The highest BCUT2D eigenvalue weighted by atomic mass is 16.3. The van der Waals surface area contributed by atoms with E-state index in [2.05, 4.69) is 0 Å². The van der Waals surface area contributed by atoms with Crippen LogP contribution in [0.25, 0.3) is 0 Å². The number of urea groups is 1. The molecule has 130 valence electrons. The van der Waals surface area contributed by atoms with Crippen LogP contribution in [0.4, 0.5) is 4.79 Å². The number of carbonyl (C=O) groups excluding carboxylic acids is 2. The number of amides is 3. The summed E-state index contributed by atoms with van der Waals surface area (Å²) in [5.41, 5.74) is -0.0550. The topological polar surface area (TPSA) is 60.9 Å². The summed E-state index contributed by atoms with van der Waals surface area (Å²) in [6.45, 7) is 2.25. The minimum absolute atomic E-state index is 0.163. The molecule has 0 spiro atoms. The van der Waals surface area contributed by atoms with Crippen LogP contribution in [-0.4, -0.2) is 32.6 Å². The Morgan fingerprint density at radius 1 is 0.880 bits per heavy atom. The smallest absolute Gasteiger partial charge is 0.330 e. The average Bonchev–Trinajstić information content (AvgIpc) is 2.80. The molecule has 2 aromatic carbocycles. The van der Waals surface area contributed by atoms with E-state index in [-0.39, 0.29) is 19.5 Å². The highest BCUT2D eigenvalue weighted by molar-refractivity contribution is 6.05. The van der Waals surface area contributed by atoms with E-state index in [1.54, 1.807) is 0 Å². The van der Waals surface area contributed by atoms with Crippen LogP contribution in [0.1, 0.15) is 30.9 Å². The van der Waals surface area contributed by atoms with Gasteiger partial charge in [-0.25, -0.2) is 4.79 Å². The van der Waals surface area contributed by atoms with E-state index in [1.807, 2.05) is 67.6 Å². The summed E-state index contributed by atoms with van der Waals surface area (Å²) >= 11 is 0. The Morgan fingerprint density at radius 2 is 1.40 bits per heavy atom. The maximum absolute atomic E-state index is 12.9. The average molecular weight is 338 g/mol. The molecule has 0 aromatic heterocycles. The predicted octanol–water partition coefficient (Wildman–Crippen LogP) is 3.14. The van der Waals surface area contributed by atoms with Crippen molar-refractivity contribution in [3.05, 3.63) is 71.8 Å². The molecular weight excluding hydrogens is 316 g/mol. The highest BCUT2D eigenvalue weighted by Crippen LogP contribution is 2.32. The lowest BCUT2D eigenvalue weighted by atomic mass is 10.1. The van der Waals surface area contributed by atoms with Crippen molar-refractivity contribution in [3.8, 4) is 0 Å². The fraction of sp³-hybridized carbons (Fsp3) is 0.300. The maximum Gasteiger partial charge on any atom is 0.330 e. The fourth-order valence-corrected chi connectivity index (χ4v) is 3.18. The van der Waals surface area contributed by atoms with E-state index < -0.39 is 17.7 Å². The molecule has 2 aromatic rings. The van der Waals surface area contributed by atoms with E-state index in [0.717, 1.165) is 16.0 Å². The quantitative estimate of drug-likeness (QED) is 0.823. The van der Waals surface area contributed by atoms with E-state index in [4.69, 9.17) is 0 Å². The summed E-state index contributed by atoms with van der Waals surface area (Å²) in [5.74, 6) is -0.542. The number of imide groups is 1. The Morgan fingerprint density at radius 3 is 1.92 bits per heavy atom. The predicted molar refractivity (Wildman–Crippen MR) is 94.2 cm³/mol. The standard InChI is InChI=1S/C20H22N2O3/c1-2-13-20(25)18(23)21(14-16-9-5-3-6-10-16)19(24)22(20)15-17-11-7-4-8-12-17/h3-12,25H,2,13-15H2,1H3. The van der Waals surface area contributed by atoms with Crippen LogP contribution in [0.5, 0.6) is 0 Å². The van der Waals surface area contributed by atoms with Gasteiger partial charge in [0.1, 0.15) is 0 Å². The molecule has 1 aliphatic rings. The second-order valence-corrected chi connectivity index (χ2v) is 6.30. The SMILES string of the molecule is CCCC1(O)C(=O)N(Cc2ccccc2)C(=O)N1Cc1ccccc1. The van der Waals surface area contributed by atoms with Crippen molar-refractivity contribution in [1.82, 2.24) is 9.80 Å². The Balaban J connectivity index is 1.89. The number of nitrogens with zero attached hydrogens (tertiary/aromatic N) is 2. The van der Waals surface area contributed by atoms with Gasteiger partial charge in [-0.3, -0.25) is 14.6 Å². The van der Waals surface area contributed by atoms with Crippen LogP contribution in [0, 0.1) is 0 Å². The zero-order chi connectivity index (χ0) is 17.9. The van der Waals surface area contributed by atoms with E-state index in [9.17, 15) is 14.7 Å². The molecule has 0 aliphatic carbocycles. The third kappa shape index (κ3) is 3.28. The zero-order valence-electron chi connectivity index (χ0n) is 14.3. The van der Waals surface area contributed by atoms with E-state index in [1.165, 1.54) is 4.90 Å². The van der Waals surface area contributed by atoms with Crippen molar-refractivity contribution >= 4 is 11.9 Å². The number of rotatable bonds is 6. The van der Waals surface area contributed by atoms with Gasteiger partial charge in [-0.1, -0.05) is 74.0 Å². The monoisotopic (exact) mass is 338 g/mol. The molecule has 3 amide bonds. The minimum Gasteiger partial charge on any atom is -0.363 e. The molecule has 1 atom stereocenters. The first-order valence-corrected chi connectivity index (χ1v) is 8.50. The third-order valence-electron chi connectivity index (χ3n) is 4.46. The zero-order valence-corrected chi connectivity index (χ0v) is 14.3. The molecule has 5 nitrogen and oxygen atoms in total. The molecule has 1 aliphatic heterocycles. The van der Waals surface area contributed by atoms with Gasteiger partial charge in [0, 0.05) is 6.42 Å². The lowest BCUT2D eigenvalue weighted by molar-refractivity contribution is -0.155. The van der Waals surface area contributed by atoms with Gasteiger partial charge < -0.3 is 5.11 Å². The molecule has 1 saturated heterocycles. The molecule has 5 heteroatoms. The van der Waals surface area contributed by atoms with Crippen LogP contribution in [0.2, 0.25) is 0 Å². The molecule has 1 fully saturated rings. The van der Waals surface area contributed by atoms with Gasteiger partial charge in [0.2, 0.25) is 5.72 Å². The number of hydrogen-bond donors (Lipinski definition) is 1. The summed E-state index contributed by atoms with van der Waals surface area (Å²) in [5, 5.41) is 11.0. The van der Waals surface area contributed by atoms with Crippen molar-refractivity contribution < 1.29 is 14.7 Å². The van der Waals surface area contributed by atoms with Crippen LogP contribution in [0.3, 0.4) is 0 Å². The lowest BCUT2D eigenvalue weighted by Crippen LogP contribution is -2.49. The fourth-order valence-electron chi connectivity index (χ4n) is 3.18. The molecule has 0 bridgehead atoms. The Kier molecular flexibility index (Phi) is 4.86. The normalized spacial score (nSPS) is 20.4. The Bertz CT molecular complexity index is 748. The number of hydrogen-bond acceptors (Lipinski definition) is 3. The second kappa shape index (κ2) is 7.07. The molecule has 3 rings (SSSR count). The first-order valence-electron chi connectivity index (χ1n) is 8.50. The van der Waals surface area contributed by atoms with Crippen LogP contribution >= 0.6 is 0 Å². The van der Waals surface area contributed by atoms with Gasteiger partial charge >= 0.3 is 6.03 Å². The summed E-state index contributed by atoms with van der Waals surface area (Å²) in [6.07, 6.45) is 0.815. The van der Waals surface area contributed by atoms with Crippen molar-refractivity contribution in [3.63, 3.8) is 0 Å². The molecule has 1 unspecified atom stereocenters. The Hall–Kier alpha value is -2.66. The Labute approximate surface area is 147 Å². The first kappa shape index (κ1) is 17.2. The molecule has 1 heterocycles. The molecule has 0 saturated carbocycles. The summed E-state index contributed by atoms with van der Waals surface area (Å²) in [7, 11) is 0. The van der Waals surface area contributed by atoms with Crippen LogP contribution < -0.4 is 0 Å². The summed E-state index contributed by atoms with van der Waals surface area (Å²) in [6, 6.07) is 18.3. The van der Waals surface area contributed by atoms with Gasteiger partial charge in [-0.05, 0) is 11.1 Å². The second-order valence-electron chi connectivity index (χ2n) is 6.30. The number of carbonyl (C=O) groups is 2. The van der Waals surface area contributed by atoms with E-state index in [0.29, 0.717) is 6.42 Å². The molecule has 1 N–H and O–H groups in total. The van der Waals surface area contributed by atoms with Crippen molar-refractivity contribution in [1.29, 1.82) is 0 Å². The van der Waals surface area contributed by atoms with Gasteiger partial charge in [-0.15, -0.1) is 0 Å². The van der Waals surface area contributed by atoms with Gasteiger partial charge in [0.15, 0.2) is 0 Å². The third-order valence-corrected chi connectivity index (χ3v) is 4.46.